The number of nitrogens with zero attached hydrogens (tertiary/aromatic N) is 3. The van der Waals surface area contributed by atoms with Crippen LogP contribution >= 0.6 is 11.6 Å². The fraction of sp³-hybridized carbons (Fsp3) is 0.205. The fourth-order valence-corrected chi connectivity index (χ4v) is 6.19. The zero-order chi connectivity index (χ0) is 37.5. The van der Waals surface area contributed by atoms with Gasteiger partial charge in [0.2, 0.25) is 11.9 Å². The van der Waals surface area contributed by atoms with Gasteiger partial charge in [-0.25, -0.2) is 9.97 Å². The Morgan fingerprint density at radius 1 is 0.925 bits per heavy atom. The summed E-state index contributed by atoms with van der Waals surface area (Å²) in [5.41, 5.74) is 1.31. The molecule has 272 valence electrons. The van der Waals surface area contributed by atoms with Crippen molar-refractivity contribution >= 4 is 41.0 Å². The van der Waals surface area contributed by atoms with Gasteiger partial charge in [0.15, 0.2) is 0 Å². The number of hydrogen-bond donors (Lipinski definition) is 3. The normalized spacial score (nSPS) is 13.9. The van der Waals surface area contributed by atoms with E-state index in [1.165, 1.54) is 18.2 Å². The van der Waals surface area contributed by atoms with Gasteiger partial charge in [0, 0.05) is 35.8 Å². The lowest BCUT2D eigenvalue weighted by Crippen LogP contribution is -2.39. The molecular formula is C39H33ClF3N5O5. The molecule has 0 saturated carbocycles. The summed E-state index contributed by atoms with van der Waals surface area (Å²) in [6.07, 6.45) is -3.37. The summed E-state index contributed by atoms with van der Waals surface area (Å²) >= 11 is 6.25. The van der Waals surface area contributed by atoms with E-state index >= 15 is 0 Å². The third kappa shape index (κ3) is 9.29. The van der Waals surface area contributed by atoms with Crippen LogP contribution in [0.3, 0.4) is 0 Å². The quantitative estimate of drug-likeness (QED) is 0.123. The van der Waals surface area contributed by atoms with Gasteiger partial charge in [-0.15, -0.1) is 0 Å². The molecule has 6 rings (SSSR count). The maximum absolute atomic E-state index is 13.7. The summed E-state index contributed by atoms with van der Waals surface area (Å²) in [6.45, 7) is 0.489. The number of ether oxygens (including phenoxy) is 1. The van der Waals surface area contributed by atoms with Gasteiger partial charge in [-0.3, -0.25) is 14.4 Å². The second-order valence-electron chi connectivity index (χ2n) is 12.3. The van der Waals surface area contributed by atoms with Crippen LogP contribution in [0.25, 0.3) is 11.1 Å². The molecule has 2 heterocycles. The number of halogens is 4. The van der Waals surface area contributed by atoms with Crippen LogP contribution in [0, 0.1) is 5.92 Å². The summed E-state index contributed by atoms with van der Waals surface area (Å²) < 4.78 is 45.6. The Labute approximate surface area is 307 Å². The van der Waals surface area contributed by atoms with Crippen LogP contribution in [-0.2, 0) is 15.8 Å². The highest BCUT2D eigenvalue weighted by atomic mass is 35.5. The Kier molecular flexibility index (Phi) is 11.2. The third-order valence-electron chi connectivity index (χ3n) is 8.73. The van der Waals surface area contributed by atoms with Gasteiger partial charge in [-0.05, 0) is 66.4 Å². The molecule has 1 unspecified atom stereocenters. The predicted octanol–water partition coefficient (Wildman–Crippen LogP) is 8.41. The van der Waals surface area contributed by atoms with Crippen LogP contribution in [0.1, 0.15) is 46.9 Å². The topological polar surface area (TPSA) is 134 Å². The first-order valence-electron chi connectivity index (χ1n) is 16.6. The minimum absolute atomic E-state index is 0.0275. The van der Waals surface area contributed by atoms with Crippen LogP contribution in [0.5, 0.6) is 11.5 Å². The van der Waals surface area contributed by atoms with Crippen LogP contribution < -0.4 is 20.3 Å². The highest BCUT2D eigenvalue weighted by Gasteiger charge is 2.34. The number of para-hydroxylation sites is 2. The maximum Gasteiger partial charge on any atom is 0.433 e. The van der Waals surface area contributed by atoms with E-state index in [9.17, 15) is 32.7 Å². The minimum atomic E-state index is -4.61. The largest absolute Gasteiger partial charge is 0.481 e. The zero-order valence-corrected chi connectivity index (χ0v) is 28.8. The van der Waals surface area contributed by atoms with Crippen LogP contribution in [0.4, 0.5) is 24.8 Å². The molecule has 1 saturated heterocycles. The zero-order valence-electron chi connectivity index (χ0n) is 28.0. The van der Waals surface area contributed by atoms with Crippen molar-refractivity contribution in [1.82, 2.24) is 15.3 Å². The van der Waals surface area contributed by atoms with Crippen molar-refractivity contribution in [3.63, 3.8) is 0 Å². The van der Waals surface area contributed by atoms with Gasteiger partial charge in [0.25, 0.3) is 5.91 Å². The average molecular weight is 744 g/mol. The molecule has 1 aliphatic rings. The van der Waals surface area contributed by atoms with Gasteiger partial charge in [-0.2, -0.15) is 13.2 Å². The second kappa shape index (κ2) is 16.2. The van der Waals surface area contributed by atoms with E-state index in [4.69, 9.17) is 16.3 Å². The van der Waals surface area contributed by atoms with Gasteiger partial charge in [0.05, 0.1) is 23.7 Å². The first-order valence-corrected chi connectivity index (χ1v) is 17.0. The van der Waals surface area contributed by atoms with Gasteiger partial charge >= 0.3 is 12.1 Å². The molecule has 1 aromatic heterocycles. The number of alkyl halides is 3. The smallest absolute Gasteiger partial charge is 0.433 e. The van der Waals surface area contributed by atoms with Gasteiger partial charge < -0.3 is 25.4 Å². The molecule has 0 radical (unpaired) electrons. The number of amides is 2. The number of benzene rings is 4. The van der Waals surface area contributed by atoms with E-state index in [2.05, 4.69) is 20.6 Å². The van der Waals surface area contributed by atoms with Crippen molar-refractivity contribution in [2.24, 2.45) is 5.92 Å². The lowest BCUT2D eigenvalue weighted by Gasteiger charge is -2.31. The molecule has 53 heavy (non-hydrogen) atoms. The Morgan fingerprint density at radius 2 is 1.62 bits per heavy atom. The molecule has 10 nitrogen and oxygen atoms in total. The number of carbonyl (C=O) groups excluding carboxylic acids is 2. The number of carboxylic acids is 1. The summed E-state index contributed by atoms with van der Waals surface area (Å²) in [7, 11) is 0. The van der Waals surface area contributed by atoms with Crippen molar-refractivity contribution in [2.45, 2.75) is 31.5 Å². The third-order valence-corrected chi connectivity index (χ3v) is 8.97. The molecule has 0 spiro atoms. The van der Waals surface area contributed by atoms with Crippen molar-refractivity contribution in [3.05, 3.63) is 131 Å². The monoisotopic (exact) mass is 743 g/mol. The lowest BCUT2D eigenvalue weighted by atomic mass is 9.95. The van der Waals surface area contributed by atoms with Crippen molar-refractivity contribution < 1.29 is 37.4 Å². The number of carbonyl (C=O) groups is 3. The molecule has 1 aliphatic heterocycles. The van der Waals surface area contributed by atoms with E-state index in [1.54, 1.807) is 17.0 Å². The Hall–Kier alpha value is -5.95. The van der Waals surface area contributed by atoms with Gasteiger partial charge in [-0.1, -0.05) is 72.3 Å². The Bertz CT molecular complexity index is 2090. The predicted molar refractivity (Wildman–Crippen MR) is 193 cm³/mol. The molecule has 3 N–H and O–H groups in total. The summed E-state index contributed by atoms with van der Waals surface area (Å²) in [5, 5.41) is 15.5. The molecule has 1 atom stereocenters. The van der Waals surface area contributed by atoms with E-state index in [1.807, 2.05) is 66.7 Å². The summed E-state index contributed by atoms with van der Waals surface area (Å²) in [5.74, 6) is -1.45. The minimum Gasteiger partial charge on any atom is -0.481 e. The molecule has 0 aliphatic carbocycles. The molecule has 2 amide bonds. The first-order chi connectivity index (χ1) is 25.4. The fourth-order valence-electron chi connectivity index (χ4n) is 6.02. The van der Waals surface area contributed by atoms with E-state index in [0.717, 1.165) is 23.4 Å². The number of nitrogens with one attached hydrogen (secondary N) is 2. The molecule has 4 aromatic carbocycles. The number of carboxylic acid groups (broad SMARTS) is 1. The Balaban J connectivity index is 1.14. The Morgan fingerprint density at radius 3 is 2.32 bits per heavy atom. The number of rotatable bonds is 11. The molecule has 5 aromatic rings. The molecule has 0 bridgehead atoms. The van der Waals surface area contributed by atoms with Crippen molar-refractivity contribution in [3.8, 4) is 22.6 Å². The first kappa shape index (κ1) is 36.8. The van der Waals surface area contributed by atoms with Gasteiger partial charge in [0.1, 0.15) is 17.2 Å². The maximum atomic E-state index is 13.7. The van der Waals surface area contributed by atoms with Crippen molar-refractivity contribution in [2.75, 3.05) is 23.3 Å². The standard InChI is InChI=1S/C39H33ClF3N5O5/c40-27-14-15-31(45-36(51)26-17-20-48(21-18-26)38-44-19-16-34(47-38)39(41,42)43)30(22-27)37(52)46-32(23-35(49)50)25-12-10-24(11-13-25)29-8-4-5-9-33(29)53-28-6-2-1-3-7-28/h1-16,19,22,26,32H,17-18,20-21,23H2,(H,45,51)(H,46,52)(H,49,50). The van der Waals surface area contributed by atoms with E-state index in [0.29, 0.717) is 29.9 Å². The van der Waals surface area contributed by atoms with E-state index < -0.39 is 42.1 Å². The second-order valence-corrected chi connectivity index (χ2v) is 12.8. The van der Waals surface area contributed by atoms with Crippen LogP contribution in [-0.4, -0.2) is 45.9 Å². The number of hydrogen-bond acceptors (Lipinski definition) is 7. The lowest BCUT2D eigenvalue weighted by molar-refractivity contribution is -0.141. The number of piperidine rings is 1. The van der Waals surface area contributed by atoms with Crippen LogP contribution in [0.15, 0.2) is 109 Å². The SMILES string of the molecule is O=C(O)CC(NC(=O)c1cc(Cl)ccc1NC(=O)C1CCN(c2nccc(C(F)(F)F)n2)CC1)c1ccc(-c2ccccc2Oc2ccccc2)cc1. The number of aromatic nitrogens is 2. The number of anilines is 2. The van der Waals surface area contributed by atoms with Crippen molar-refractivity contribution in [1.29, 1.82) is 0 Å². The van der Waals surface area contributed by atoms with Crippen LogP contribution in [0.2, 0.25) is 5.02 Å². The number of aliphatic carboxylic acids is 1. The van der Waals surface area contributed by atoms with E-state index in [-0.39, 0.29) is 41.2 Å². The molecular weight excluding hydrogens is 711 g/mol. The average Bonchev–Trinajstić information content (AvgIpc) is 3.15. The summed E-state index contributed by atoms with van der Waals surface area (Å²) in [4.78, 5) is 48.2. The molecule has 14 heteroatoms. The summed E-state index contributed by atoms with van der Waals surface area (Å²) in [6, 6.07) is 28.2. The molecule has 1 fully saturated rings. The highest BCUT2D eigenvalue weighted by molar-refractivity contribution is 6.31. The highest BCUT2D eigenvalue weighted by Crippen LogP contribution is 2.35.